The molecule has 0 radical (unpaired) electrons. The van der Waals surface area contributed by atoms with Gasteiger partial charge in [-0.3, -0.25) is 0 Å². The van der Waals surface area contributed by atoms with Crippen LogP contribution in [0, 0.1) is 12.7 Å². The van der Waals surface area contributed by atoms with Gasteiger partial charge < -0.3 is 0 Å². The largest absolute Gasteiger partial charge is 0.252 e. The van der Waals surface area contributed by atoms with Gasteiger partial charge in [-0.25, -0.2) is 17.8 Å². The van der Waals surface area contributed by atoms with E-state index in [2.05, 4.69) is 15.1 Å². The summed E-state index contributed by atoms with van der Waals surface area (Å²) in [4.78, 5) is 8.12. The van der Waals surface area contributed by atoms with Crippen LogP contribution >= 0.6 is 0 Å². The van der Waals surface area contributed by atoms with Crippen molar-refractivity contribution in [1.29, 1.82) is 0 Å². The van der Waals surface area contributed by atoms with Crippen molar-refractivity contribution in [1.82, 2.24) is 23.9 Å². The summed E-state index contributed by atoms with van der Waals surface area (Å²) in [6.45, 7) is 1.98. The van der Waals surface area contributed by atoms with Gasteiger partial charge in [0.15, 0.2) is 0 Å². The van der Waals surface area contributed by atoms with Crippen molar-refractivity contribution in [2.24, 2.45) is 0 Å². The molecule has 1 saturated heterocycles. The minimum Gasteiger partial charge on any atom is -0.220 e. The van der Waals surface area contributed by atoms with E-state index in [0.29, 0.717) is 30.0 Å². The molecule has 1 aliphatic heterocycles. The van der Waals surface area contributed by atoms with Gasteiger partial charge >= 0.3 is 0 Å². The van der Waals surface area contributed by atoms with E-state index in [1.165, 1.54) is 22.8 Å². The Balaban J connectivity index is 1.78. The molecular weight excluding hydrogens is 345 g/mol. The zero-order valence-corrected chi connectivity index (χ0v) is 14.3. The van der Waals surface area contributed by atoms with Crippen LogP contribution in [-0.4, -0.2) is 38.8 Å². The molecule has 7 nitrogen and oxygen atoms in total. The van der Waals surface area contributed by atoms with Gasteiger partial charge in [-0.1, -0.05) is 6.07 Å². The van der Waals surface area contributed by atoms with Crippen molar-refractivity contribution in [2.75, 3.05) is 6.54 Å². The van der Waals surface area contributed by atoms with Gasteiger partial charge in [0.25, 0.3) is 5.78 Å². The Morgan fingerprint density at radius 2 is 2.08 bits per heavy atom. The number of halogens is 1. The number of hydrogen-bond acceptors (Lipinski definition) is 5. The molecule has 1 aromatic carbocycles. The highest BCUT2D eigenvalue weighted by atomic mass is 32.2. The van der Waals surface area contributed by atoms with Crippen molar-refractivity contribution in [3.8, 4) is 0 Å². The molecule has 0 aliphatic carbocycles. The lowest BCUT2D eigenvalue weighted by Gasteiger charge is -2.24. The molecule has 0 unspecified atom stereocenters. The van der Waals surface area contributed by atoms with Gasteiger partial charge in [-0.05, 0) is 43.5 Å². The standard InChI is InChI=1S/C16H16FN5O2S/c1-11-4-5-12(9-13(11)17)25(23,24)21-8-2-3-14(21)15-6-7-18-16-19-10-20-22(15)16/h4-7,9-10,14H,2-3,8H2,1H3/t14-/m1/s1. The zero-order chi connectivity index (χ0) is 17.6. The summed E-state index contributed by atoms with van der Waals surface area (Å²) in [7, 11) is -3.82. The molecular formula is C16H16FN5O2S. The number of nitrogens with zero attached hydrogens (tertiary/aromatic N) is 5. The summed E-state index contributed by atoms with van der Waals surface area (Å²) in [6, 6.07) is 5.37. The van der Waals surface area contributed by atoms with Crippen molar-refractivity contribution in [2.45, 2.75) is 30.7 Å². The van der Waals surface area contributed by atoms with E-state index >= 15 is 0 Å². The third-order valence-electron chi connectivity index (χ3n) is 4.50. The van der Waals surface area contributed by atoms with E-state index in [1.54, 1.807) is 23.7 Å². The molecule has 0 N–H and O–H groups in total. The molecule has 9 heteroatoms. The highest BCUT2D eigenvalue weighted by molar-refractivity contribution is 7.89. The second-order valence-electron chi connectivity index (χ2n) is 6.03. The lowest BCUT2D eigenvalue weighted by atomic mass is 10.1. The van der Waals surface area contributed by atoms with E-state index in [1.807, 2.05) is 0 Å². The first kappa shape index (κ1) is 16.1. The average Bonchev–Trinajstić information content (AvgIpc) is 3.25. The Kier molecular flexibility index (Phi) is 3.77. The number of rotatable bonds is 3. The average molecular weight is 361 g/mol. The zero-order valence-electron chi connectivity index (χ0n) is 13.5. The maximum absolute atomic E-state index is 13.9. The van der Waals surface area contributed by atoms with Crippen molar-refractivity contribution in [3.63, 3.8) is 0 Å². The molecule has 25 heavy (non-hydrogen) atoms. The Hall–Kier alpha value is -2.39. The number of aromatic nitrogens is 4. The van der Waals surface area contributed by atoms with Crippen LogP contribution in [0.5, 0.6) is 0 Å². The van der Waals surface area contributed by atoms with Crippen LogP contribution in [0.15, 0.2) is 41.7 Å². The fraction of sp³-hybridized carbons (Fsp3) is 0.312. The van der Waals surface area contributed by atoms with E-state index in [-0.39, 0.29) is 10.9 Å². The SMILES string of the molecule is Cc1ccc(S(=O)(=O)N2CCC[C@@H]2c2ccnc3ncnn23)cc1F. The third-order valence-corrected chi connectivity index (χ3v) is 6.41. The number of fused-ring (bicyclic) bond motifs is 1. The molecule has 0 saturated carbocycles. The second-order valence-corrected chi connectivity index (χ2v) is 7.92. The molecule has 0 bridgehead atoms. The first-order chi connectivity index (χ1) is 12.0. The molecule has 4 rings (SSSR count). The van der Waals surface area contributed by atoms with Crippen molar-refractivity contribution < 1.29 is 12.8 Å². The summed E-state index contributed by atoms with van der Waals surface area (Å²) in [5.41, 5.74) is 1.12. The Morgan fingerprint density at radius 1 is 1.24 bits per heavy atom. The van der Waals surface area contributed by atoms with Crippen LogP contribution in [0.4, 0.5) is 4.39 Å². The van der Waals surface area contributed by atoms with Crippen LogP contribution in [0.2, 0.25) is 0 Å². The number of aryl methyl sites for hydroxylation is 1. The van der Waals surface area contributed by atoms with Crippen LogP contribution in [0.1, 0.15) is 30.1 Å². The molecule has 1 aliphatic rings. The van der Waals surface area contributed by atoms with Gasteiger partial charge in [0.1, 0.15) is 12.1 Å². The van der Waals surface area contributed by atoms with Crippen LogP contribution < -0.4 is 0 Å². The minimum atomic E-state index is -3.82. The van der Waals surface area contributed by atoms with E-state index < -0.39 is 15.8 Å². The van der Waals surface area contributed by atoms with Crippen LogP contribution in [-0.2, 0) is 10.0 Å². The van der Waals surface area contributed by atoms with Crippen molar-refractivity contribution >= 4 is 15.8 Å². The molecule has 1 fully saturated rings. The second kappa shape index (κ2) is 5.85. The first-order valence-electron chi connectivity index (χ1n) is 7.91. The molecule has 3 heterocycles. The highest BCUT2D eigenvalue weighted by Crippen LogP contribution is 2.36. The summed E-state index contributed by atoms with van der Waals surface area (Å²) < 4.78 is 42.9. The van der Waals surface area contributed by atoms with Crippen LogP contribution in [0.25, 0.3) is 5.78 Å². The lowest BCUT2D eigenvalue weighted by molar-refractivity contribution is 0.385. The van der Waals surface area contributed by atoms with Gasteiger partial charge in [0.05, 0.1) is 16.6 Å². The maximum atomic E-state index is 13.9. The van der Waals surface area contributed by atoms with Crippen LogP contribution in [0.3, 0.4) is 0 Å². The number of hydrogen-bond donors (Lipinski definition) is 0. The molecule has 130 valence electrons. The van der Waals surface area contributed by atoms with E-state index in [4.69, 9.17) is 0 Å². The minimum absolute atomic E-state index is 0.0357. The molecule has 1 atom stereocenters. The summed E-state index contributed by atoms with van der Waals surface area (Å²) in [6.07, 6.45) is 4.35. The number of sulfonamides is 1. The van der Waals surface area contributed by atoms with Gasteiger partial charge in [-0.2, -0.15) is 18.9 Å². The third kappa shape index (κ3) is 2.59. The van der Waals surface area contributed by atoms with Gasteiger partial charge in [-0.15, -0.1) is 0 Å². The number of benzene rings is 1. The fourth-order valence-corrected chi connectivity index (χ4v) is 4.88. The topological polar surface area (TPSA) is 80.5 Å². The monoisotopic (exact) mass is 361 g/mol. The predicted octanol–water partition coefficient (Wildman–Crippen LogP) is 2.10. The Labute approximate surface area is 144 Å². The quantitative estimate of drug-likeness (QED) is 0.714. The van der Waals surface area contributed by atoms with Gasteiger partial charge in [0, 0.05) is 12.7 Å². The molecule has 0 amide bonds. The molecule has 3 aromatic rings. The summed E-state index contributed by atoms with van der Waals surface area (Å²) >= 11 is 0. The Morgan fingerprint density at radius 3 is 2.88 bits per heavy atom. The summed E-state index contributed by atoms with van der Waals surface area (Å²) in [5, 5.41) is 4.14. The molecule has 2 aromatic heterocycles. The van der Waals surface area contributed by atoms with Gasteiger partial charge in [0.2, 0.25) is 10.0 Å². The van der Waals surface area contributed by atoms with E-state index in [9.17, 15) is 12.8 Å². The normalized spacial score (nSPS) is 18.9. The predicted molar refractivity (Wildman–Crippen MR) is 87.8 cm³/mol. The van der Waals surface area contributed by atoms with E-state index in [0.717, 1.165) is 12.5 Å². The fourth-order valence-electron chi connectivity index (χ4n) is 3.20. The maximum Gasteiger partial charge on any atom is 0.252 e. The first-order valence-corrected chi connectivity index (χ1v) is 9.35. The Bertz CT molecular complexity index is 1050. The van der Waals surface area contributed by atoms with Crippen molar-refractivity contribution in [3.05, 3.63) is 53.9 Å². The molecule has 0 spiro atoms. The smallest absolute Gasteiger partial charge is 0.220 e. The lowest BCUT2D eigenvalue weighted by Crippen LogP contribution is -2.31. The highest BCUT2D eigenvalue weighted by Gasteiger charge is 2.37. The summed E-state index contributed by atoms with van der Waals surface area (Å²) in [5.74, 6) is -0.109.